The van der Waals surface area contributed by atoms with Gasteiger partial charge in [-0.3, -0.25) is 0 Å². The van der Waals surface area contributed by atoms with Gasteiger partial charge in [-0.2, -0.15) is 0 Å². The fourth-order valence-corrected chi connectivity index (χ4v) is 1.33. The number of hydrogen-bond acceptors (Lipinski definition) is 2. The molecular weight excluding hydrogens is 212 g/mol. The number of rotatable bonds is 3. The molecule has 0 saturated carbocycles. The topological polar surface area (TPSA) is 26.3 Å². The van der Waals surface area contributed by atoms with Crippen molar-refractivity contribution < 1.29 is 9.53 Å². The van der Waals surface area contributed by atoms with Crippen LogP contribution < -0.4 is 0 Å². The van der Waals surface area contributed by atoms with Gasteiger partial charge >= 0.3 is 5.97 Å². The molecule has 2 heteroatoms. The second-order valence-corrected chi connectivity index (χ2v) is 5.08. The number of benzene rings is 1. The van der Waals surface area contributed by atoms with Crippen LogP contribution in [0.5, 0.6) is 0 Å². The van der Waals surface area contributed by atoms with Gasteiger partial charge in [0.05, 0.1) is 0 Å². The zero-order valence-corrected chi connectivity index (χ0v) is 11.0. The first-order chi connectivity index (χ1) is 7.88. The van der Waals surface area contributed by atoms with Crippen LogP contribution in [0.2, 0.25) is 0 Å². The highest BCUT2D eigenvalue weighted by Crippen LogP contribution is 2.11. The van der Waals surface area contributed by atoms with E-state index >= 15 is 0 Å². The number of esters is 1. The quantitative estimate of drug-likeness (QED) is 0.589. The molecule has 0 unspecified atom stereocenters. The molecule has 2 nitrogen and oxygen atoms in total. The highest BCUT2D eigenvalue weighted by Gasteiger charge is 2.16. The Hall–Kier alpha value is -1.57. The van der Waals surface area contributed by atoms with Crippen molar-refractivity contribution in [2.45, 2.75) is 39.7 Å². The summed E-state index contributed by atoms with van der Waals surface area (Å²) in [5.74, 6) is -0.242. The molecule has 0 saturated heterocycles. The van der Waals surface area contributed by atoms with Crippen molar-refractivity contribution in [2.75, 3.05) is 0 Å². The first-order valence-electron chi connectivity index (χ1n) is 5.82. The van der Waals surface area contributed by atoms with E-state index in [0.29, 0.717) is 5.57 Å². The lowest BCUT2D eigenvalue weighted by atomic mass is 10.1. The molecule has 0 N–H and O–H groups in total. The van der Waals surface area contributed by atoms with Crippen molar-refractivity contribution >= 4 is 5.97 Å². The molecule has 0 aliphatic heterocycles. The third-order valence-electron chi connectivity index (χ3n) is 2.21. The third-order valence-corrected chi connectivity index (χ3v) is 2.21. The van der Waals surface area contributed by atoms with E-state index in [0.717, 1.165) is 6.42 Å². The van der Waals surface area contributed by atoms with E-state index in [4.69, 9.17) is 4.74 Å². The summed E-state index contributed by atoms with van der Waals surface area (Å²) in [6.45, 7) is 7.40. The molecule has 0 aliphatic carbocycles. The van der Waals surface area contributed by atoms with E-state index in [-0.39, 0.29) is 5.97 Å². The van der Waals surface area contributed by atoms with E-state index in [2.05, 4.69) is 0 Å². The molecule has 0 bridgehead atoms. The predicted octanol–water partition coefficient (Wildman–Crippen LogP) is 3.52. The van der Waals surface area contributed by atoms with Gasteiger partial charge in [0.15, 0.2) is 0 Å². The van der Waals surface area contributed by atoms with Gasteiger partial charge in [0.2, 0.25) is 0 Å². The molecule has 0 fully saturated rings. The first kappa shape index (κ1) is 13.5. The van der Waals surface area contributed by atoms with Crippen LogP contribution in [0.25, 0.3) is 0 Å². The van der Waals surface area contributed by atoms with Crippen molar-refractivity contribution in [1.82, 2.24) is 0 Å². The van der Waals surface area contributed by atoms with E-state index in [1.165, 1.54) is 5.56 Å². The minimum Gasteiger partial charge on any atom is -0.457 e. The summed E-state index contributed by atoms with van der Waals surface area (Å²) in [5, 5.41) is 0. The summed E-state index contributed by atoms with van der Waals surface area (Å²) in [7, 11) is 0. The largest absolute Gasteiger partial charge is 0.457 e. The van der Waals surface area contributed by atoms with Crippen LogP contribution in [0.4, 0.5) is 0 Å². The smallest absolute Gasteiger partial charge is 0.333 e. The number of carbonyl (C=O) groups is 1. The van der Waals surface area contributed by atoms with Crippen LogP contribution in [0.15, 0.2) is 42.0 Å². The second-order valence-electron chi connectivity index (χ2n) is 5.08. The summed E-state index contributed by atoms with van der Waals surface area (Å²) in [4.78, 5) is 11.7. The summed E-state index contributed by atoms with van der Waals surface area (Å²) in [5.41, 5.74) is 1.41. The average molecular weight is 232 g/mol. The van der Waals surface area contributed by atoms with Crippen LogP contribution >= 0.6 is 0 Å². The van der Waals surface area contributed by atoms with Gasteiger partial charge in [-0.1, -0.05) is 36.4 Å². The lowest BCUT2D eigenvalue weighted by Gasteiger charge is -2.19. The van der Waals surface area contributed by atoms with Gasteiger partial charge < -0.3 is 4.74 Å². The molecule has 17 heavy (non-hydrogen) atoms. The third kappa shape index (κ3) is 5.34. The standard InChI is InChI=1S/C15H20O2/c1-12(14(16)17-15(2,3)4)10-11-13-8-6-5-7-9-13/h5-10H,11H2,1-4H3/b12-10+. The molecule has 0 amide bonds. The Bertz CT molecular complexity index is 397. The Kier molecular flexibility index (Phi) is 4.50. The Labute approximate surface area is 103 Å². The van der Waals surface area contributed by atoms with Gasteiger partial charge in [0, 0.05) is 5.57 Å². The van der Waals surface area contributed by atoms with E-state index in [1.807, 2.05) is 57.2 Å². The molecule has 0 heterocycles. The highest BCUT2D eigenvalue weighted by atomic mass is 16.6. The van der Waals surface area contributed by atoms with Gasteiger partial charge in [-0.15, -0.1) is 0 Å². The molecule has 1 rings (SSSR count). The van der Waals surface area contributed by atoms with Gasteiger partial charge in [-0.05, 0) is 39.7 Å². The highest BCUT2D eigenvalue weighted by molar-refractivity contribution is 5.88. The molecule has 0 atom stereocenters. The fraction of sp³-hybridized carbons (Fsp3) is 0.400. The maximum atomic E-state index is 11.7. The van der Waals surface area contributed by atoms with Crippen LogP contribution in [-0.2, 0) is 16.0 Å². The van der Waals surface area contributed by atoms with Crippen molar-refractivity contribution in [3.05, 3.63) is 47.5 Å². The van der Waals surface area contributed by atoms with Crippen LogP contribution in [0.1, 0.15) is 33.3 Å². The molecule has 92 valence electrons. The predicted molar refractivity (Wildman–Crippen MR) is 69.7 cm³/mol. The zero-order valence-electron chi connectivity index (χ0n) is 11.0. The van der Waals surface area contributed by atoms with Crippen molar-refractivity contribution in [3.63, 3.8) is 0 Å². The Morgan fingerprint density at radius 3 is 2.35 bits per heavy atom. The molecule has 1 aromatic carbocycles. The van der Waals surface area contributed by atoms with Gasteiger partial charge in [0.1, 0.15) is 5.60 Å². The Morgan fingerprint density at radius 2 is 1.82 bits per heavy atom. The van der Waals surface area contributed by atoms with Crippen LogP contribution in [0, 0.1) is 0 Å². The summed E-state index contributed by atoms with van der Waals surface area (Å²) < 4.78 is 5.28. The normalized spacial score (nSPS) is 12.4. The van der Waals surface area contributed by atoms with Gasteiger partial charge in [0.25, 0.3) is 0 Å². The monoisotopic (exact) mass is 232 g/mol. The summed E-state index contributed by atoms with van der Waals surface area (Å²) in [6, 6.07) is 10.0. The van der Waals surface area contributed by atoms with Crippen molar-refractivity contribution in [1.29, 1.82) is 0 Å². The number of carbonyl (C=O) groups excluding carboxylic acids is 1. The van der Waals surface area contributed by atoms with E-state index < -0.39 is 5.60 Å². The zero-order chi connectivity index (χ0) is 12.9. The number of hydrogen-bond donors (Lipinski definition) is 0. The Morgan fingerprint density at radius 1 is 1.24 bits per heavy atom. The fourth-order valence-electron chi connectivity index (χ4n) is 1.33. The van der Waals surface area contributed by atoms with E-state index in [9.17, 15) is 4.79 Å². The van der Waals surface area contributed by atoms with Crippen LogP contribution in [-0.4, -0.2) is 11.6 Å². The molecule has 0 spiro atoms. The SMILES string of the molecule is C/C(=C\Cc1ccccc1)C(=O)OC(C)(C)C. The number of allylic oxidation sites excluding steroid dienone is 1. The van der Waals surface area contributed by atoms with Crippen LogP contribution in [0.3, 0.4) is 0 Å². The van der Waals surface area contributed by atoms with Gasteiger partial charge in [-0.25, -0.2) is 4.79 Å². The lowest BCUT2D eigenvalue weighted by Crippen LogP contribution is -2.24. The van der Waals surface area contributed by atoms with Crippen molar-refractivity contribution in [2.24, 2.45) is 0 Å². The summed E-state index contributed by atoms with van der Waals surface area (Å²) >= 11 is 0. The number of ether oxygens (including phenoxy) is 1. The van der Waals surface area contributed by atoms with Crippen molar-refractivity contribution in [3.8, 4) is 0 Å². The maximum absolute atomic E-state index is 11.7. The second kappa shape index (κ2) is 5.67. The molecular formula is C15H20O2. The molecule has 0 aliphatic rings. The molecule has 1 aromatic rings. The minimum absolute atomic E-state index is 0.242. The molecule has 0 aromatic heterocycles. The van der Waals surface area contributed by atoms with E-state index in [1.54, 1.807) is 6.92 Å². The lowest BCUT2D eigenvalue weighted by molar-refractivity contribution is -0.149. The Balaban J connectivity index is 2.58. The first-order valence-corrected chi connectivity index (χ1v) is 5.82. The maximum Gasteiger partial charge on any atom is 0.333 e. The summed E-state index contributed by atoms with van der Waals surface area (Å²) in [6.07, 6.45) is 2.66. The average Bonchev–Trinajstić information content (AvgIpc) is 2.25. The minimum atomic E-state index is -0.432. The molecule has 0 radical (unpaired) electrons.